The van der Waals surface area contributed by atoms with Crippen LogP contribution in [-0.4, -0.2) is 20.6 Å². The zero-order valence-corrected chi connectivity index (χ0v) is 18.2. The lowest BCUT2D eigenvalue weighted by Crippen LogP contribution is -2.10. The number of rotatable bonds is 6. The molecule has 4 N–H and O–H groups in total. The Morgan fingerprint density at radius 1 is 1.21 bits per heavy atom. The van der Waals surface area contributed by atoms with Crippen molar-refractivity contribution in [2.45, 2.75) is 32.5 Å². The molecular formula is C22H19ClF3N5O2. The van der Waals surface area contributed by atoms with Gasteiger partial charge in [0.1, 0.15) is 0 Å². The topological polar surface area (TPSA) is 113 Å². The highest BCUT2D eigenvalue weighted by Crippen LogP contribution is 2.40. The van der Waals surface area contributed by atoms with Crippen molar-refractivity contribution in [3.05, 3.63) is 64.1 Å². The van der Waals surface area contributed by atoms with E-state index in [-0.39, 0.29) is 39.9 Å². The molecule has 2 heterocycles. The lowest BCUT2D eigenvalue weighted by atomic mass is 10.1. The zero-order chi connectivity index (χ0) is 23.9. The number of benzene rings is 2. The molecular weight excluding hydrogens is 459 g/mol. The zero-order valence-electron chi connectivity index (χ0n) is 17.4. The van der Waals surface area contributed by atoms with E-state index in [9.17, 15) is 18.0 Å². The minimum atomic E-state index is -4.60. The summed E-state index contributed by atoms with van der Waals surface area (Å²) in [4.78, 5) is 15.8. The summed E-state index contributed by atoms with van der Waals surface area (Å²) < 4.78 is 48.1. The van der Waals surface area contributed by atoms with Crippen molar-refractivity contribution in [3.63, 3.8) is 0 Å². The van der Waals surface area contributed by atoms with E-state index in [0.717, 1.165) is 6.42 Å². The minimum Gasteiger partial charge on any atom is -0.398 e. The van der Waals surface area contributed by atoms with E-state index in [1.54, 1.807) is 10.6 Å². The molecule has 0 bridgehead atoms. The van der Waals surface area contributed by atoms with Crippen molar-refractivity contribution in [2.24, 2.45) is 5.73 Å². The molecule has 0 saturated carbocycles. The molecule has 0 atom stereocenters. The second kappa shape index (κ2) is 8.43. The second-order valence-corrected chi connectivity index (χ2v) is 7.91. The average molecular weight is 478 g/mol. The largest absolute Gasteiger partial charge is 0.419 e. The number of aryl methyl sites for hydroxylation is 1. The fourth-order valence-electron chi connectivity index (χ4n) is 3.78. The first kappa shape index (κ1) is 22.7. The second-order valence-electron chi connectivity index (χ2n) is 7.51. The van der Waals surface area contributed by atoms with Gasteiger partial charge in [0.05, 0.1) is 22.7 Å². The first-order valence-corrected chi connectivity index (χ1v) is 10.4. The van der Waals surface area contributed by atoms with Gasteiger partial charge in [0.15, 0.2) is 5.82 Å². The van der Waals surface area contributed by atoms with Gasteiger partial charge in [-0.25, -0.2) is 0 Å². The highest BCUT2D eigenvalue weighted by atomic mass is 35.5. The number of primary amides is 1. The molecule has 0 spiro atoms. The van der Waals surface area contributed by atoms with Crippen molar-refractivity contribution in [2.75, 3.05) is 5.73 Å². The predicted molar refractivity (Wildman–Crippen MR) is 118 cm³/mol. The van der Waals surface area contributed by atoms with Crippen molar-refractivity contribution in [3.8, 4) is 11.5 Å². The Bertz CT molecular complexity index is 1360. The summed E-state index contributed by atoms with van der Waals surface area (Å²) in [6.45, 7) is 2.00. The van der Waals surface area contributed by atoms with Crippen LogP contribution in [0.15, 0.2) is 40.9 Å². The van der Waals surface area contributed by atoms with Crippen LogP contribution in [0.25, 0.3) is 22.4 Å². The molecule has 2 aromatic heterocycles. The molecule has 4 rings (SSSR count). The van der Waals surface area contributed by atoms with Crippen LogP contribution in [0.5, 0.6) is 0 Å². The van der Waals surface area contributed by atoms with Gasteiger partial charge in [0, 0.05) is 27.8 Å². The fourth-order valence-corrected chi connectivity index (χ4v) is 3.98. The van der Waals surface area contributed by atoms with E-state index in [2.05, 4.69) is 10.1 Å². The molecule has 2 aromatic carbocycles. The highest BCUT2D eigenvalue weighted by Gasteiger charge is 2.36. The molecule has 4 aromatic rings. The van der Waals surface area contributed by atoms with Gasteiger partial charge in [-0.1, -0.05) is 30.1 Å². The molecule has 0 aliphatic heterocycles. The number of nitrogens with zero attached hydrogens (tertiary/aromatic N) is 3. The summed E-state index contributed by atoms with van der Waals surface area (Å²) in [5, 5.41) is 4.25. The van der Waals surface area contributed by atoms with Crippen LogP contribution in [0.2, 0.25) is 5.02 Å². The third-order valence-corrected chi connectivity index (χ3v) is 5.57. The lowest BCUT2D eigenvalue weighted by molar-refractivity contribution is -0.135. The Balaban J connectivity index is 1.78. The molecule has 0 aliphatic rings. The maximum absolute atomic E-state index is 13.7. The number of carbonyl (C=O) groups excluding carboxylic acids is 1. The van der Waals surface area contributed by atoms with Gasteiger partial charge in [-0.05, 0) is 42.8 Å². The van der Waals surface area contributed by atoms with Gasteiger partial charge in [0.2, 0.25) is 5.91 Å². The standard InChI is InChI=1S/C22H19ClF3N5O2/c1-2-3-12-9-14-17(7-6-16(27)19(14)22(24,25)26)31(12)10-18-29-21(33-30-18)13-8-11(20(28)32)4-5-15(13)23/h4-9H,2-3,10,27H2,1H3,(H2,28,32). The SMILES string of the molecule is CCCc1cc2c(C(F)(F)F)c(N)ccc2n1Cc1noc(-c2cc(C(N)=O)ccc2Cl)n1. The van der Waals surface area contributed by atoms with E-state index in [1.165, 1.54) is 30.3 Å². The molecule has 1 amide bonds. The highest BCUT2D eigenvalue weighted by molar-refractivity contribution is 6.33. The smallest absolute Gasteiger partial charge is 0.398 e. The van der Waals surface area contributed by atoms with Crippen LogP contribution in [0, 0.1) is 0 Å². The molecule has 172 valence electrons. The quantitative estimate of drug-likeness (QED) is 0.377. The van der Waals surface area contributed by atoms with Crippen molar-refractivity contribution in [1.29, 1.82) is 0 Å². The summed E-state index contributed by atoms with van der Waals surface area (Å²) in [5.41, 5.74) is 11.4. The minimum absolute atomic E-state index is 0.0203. The van der Waals surface area contributed by atoms with E-state index < -0.39 is 17.6 Å². The van der Waals surface area contributed by atoms with Crippen LogP contribution < -0.4 is 11.5 Å². The third kappa shape index (κ3) is 4.25. The Labute approximate surface area is 191 Å². The number of carbonyl (C=O) groups is 1. The summed E-state index contributed by atoms with van der Waals surface area (Å²) in [5.74, 6) is -0.354. The van der Waals surface area contributed by atoms with Gasteiger partial charge in [0.25, 0.3) is 5.89 Å². The number of nitrogens with two attached hydrogens (primary N) is 2. The molecule has 7 nitrogen and oxygen atoms in total. The van der Waals surface area contributed by atoms with E-state index in [4.69, 9.17) is 27.6 Å². The van der Waals surface area contributed by atoms with Crippen LogP contribution in [0.1, 0.15) is 40.8 Å². The van der Waals surface area contributed by atoms with Crippen LogP contribution in [-0.2, 0) is 19.1 Å². The van der Waals surface area contributed by atoms with Crippen LogP contribution in [0.3, 0.4) is 0 Å². The van der Waals surface area contributed by atoms with Gasteiger partial charge in [-0.3, -0.25) is 4.79 Å². The van der Waals surface area contributed by atoms with E-state index in [1.807, 2.05) is 6.92 Å². The van der Waals surface area contributed by atoms with Gasteiger partial charge in [-0.15, -0.1) is 0 Å². The number of aromatic nitrogens is 3. The maximum Gasteiger partial charge on any atom is 0.419 e. The molecule has 11 heteroatoms. The maximum atomic E-state index is 13.7. The number of amides is 1. The van der Waals surface area contributed by atoms with E-state index >= 15 is 0 Å². The molecule has 0 saturated heterocycles. The summed E-state index contributed by atoms with van der Waals surface area (Å²) >= 11 is 6.20. The Morgan fingerprint density at radius 2 is 1.97 bits per heavy atom. The normalized spacial score (nSPS) is 11.9. The predicted octanol–water partition coefficient (Wildman–Crippen LogP) is 5.05. The number of fused-ring (bicyclic) bond motifs is 1. The molecule has 0 aliphatic carbocycles. The number of halogens is 4. The lowest BCUT2D eigenvalue weighted by Gasteiger charge is -2.12. The number of hydrogen-bond acceptors (Lipinski definition) is 5. The summed E-state index contributed by atoms with van der Waals surface area (Å²) in [6.07, 6.45) is -3.33. The first-order valence-electron chi connectivity index (χ1n) is 10.00. The monoisotopic (exact) mass is 477 g/mol. The van der Waals surface area contributed by atoms with Gasteiger partial charge in [-0.2, -0.15) is 18.2 Å². The van der Waals surface area contributed by atoms with Crippen LogP contribution in [0.4, 0.5) is 18.9 Å². The van der Waals surface area contributed by atoms with Crippen LogP contribution >= 0.6 is 11.6 Å². The fraction of sp³-hybridized carbons (Fsp3) is 0.227. The third-order valence-electron chi connectivity index (χ3n) is 5.24. The molecule has 0 fully saturated rings. The number of alkyl halides is 3. The van der Waals surface area contributed by atoms with E-state index in [0.29, 0.717) is 23.2 Å². The molecule has 0 unspecified atom stereocenters. The number of nitrogen functional groups attached to an aromatic ring is 1. The van der Waals surface area contributed by atoms with Gasteiger partial charge < -0.3 is 20.6 Å². The molecule has 0 radical (unpaired) electrons. The Morgan fingerprint density at radius 3 is 2.64 bits per heavy atom. The Kier molecular flexibility index (Phi) is 5.79. The number of hydrogen-bond donors (Lipinski definition) is 2. The molecule has 33 heavy (non-hydrogen) atoms. The summed E-state index contributed by atoms with van der Waals surface area (Å²) in [7, 11) is 0. The summed E-state index contributed by atoms with van der Waals surface area (Å²) in [6, 6.07) is 8.70. The van der Waals surface area contributed by atoms with Crippen molar-refractivity contribution in [1.82, 2.24) is 14.7 Å². The van der Waals surface area contributed by atoms with Crippen molar-refractivity contribution < 1.29 is 22.5 Å². The first-order chi connectivity index (χ1) is 15.6. The number of anilines is 1. The van der Waals surface area contributed by atoms with Crippen molar-refractivity contribution >= 4 is 34.1 Å². The van der Waals surface area contributed by atoms with Gasteiger partial charge >= 0.3 is 6.18 Å². The Hall–Kier alpha value is -3.53. The average Bonchev–Trinajstić information content (AvgIpc) is 3.32.